The molecule has 4 rings (SSSR count). The lowest BCUT2D eigenvalue weighted by Crippen LogP contribution is -2.23. The van der Waals surface area contributed by atoms with Gasteiger partial charge >= 0.3 is 0 Å². The average molecular weight is 442 g/mol. The van der Waals surface area contributed by atoms with Gasteiger partial charge in [-0.25, -0.2) is 22.4 Å². The smallest absolute Gasteiger partial charge is 0.269 e. The fourth-order valence-corrected chi connectivity index (χ4v) is 4.69. The average Bonchev–Trinajstić information content (AvgIpc) is 3.07. The van der Waals surface area contributed by atoms with Crippen LogP contribution >= 0.6 is 11.6 Å². The molecule has 0 saturated carbocycles. The number of rotatable bonds is 4. The number of benzene rings is 1. The molecule has 3 heterocycles. The van der Waals surface area contributed by atoms with E-state index in [1.807, 2.05) is 26.8 Å². The summed E-state index contributed by atoms with van der Waals surface area (Å²) in [5, 5.41) is 0.934. The van der Waals surface area contributed by atoms with Gasteiger partial charge in [-0.3, -0.25) is 0 Å². The molecule has 0 aliphatic rings. The molecule has 0 fully saturated rings. The Morgan fingerprint density at radius 1 is 1.03 bits per heavy atom. The Bertz CT molecular complexity index is 1330. The normalized spacial score (nSPS) is 12.3. The van der Waals surface area contributed by atoms with Crippen molar-refractivity contribution in [3.63, 3.8) is 0 Å². The van der Waals surface area contributed by atoms with Gasteiger partial charge in [0.25, 0.3) is 10.0 Å². The zero-order valence-electron chi connectivity index (χ0n) is 16.7. The molecule has 0 atom stereocenters. The monoisotopic (exact) mass is 441 g/mol. The van der Waals surface area contributed by atoms with Crippen LogP contribution < -0.4 is 4.74 Å². The molecule has 3 aromatic heterocycles. The molecular formula is C22H20ClN3O3S. The van der Waals surface area contributed by atoms with Crippen LogP contribution in [0.4, 0.5) is 0 Å². The summed E-state index contributed by atoms with van der Waals surface area (Å²) >= 11 is 6.24. The van der Waals surface area contributed by atoms with Gasteiger partial charge in [-0.15, -0.1) is 0 Å². The van der Waals surface area contributed by atoms with Gasteiger partial charge in [0.05, 0.1) is 4.90 Å². The Morgan fingerprint density at radius 2 is 1.77 bits per heavy atom. The third-order valence-electron chi connectivity index (χ3n) is 4.32. The largest absolute Gasteiger partial charge is 0.472 e. The van der Waals surface area contributed by atoms with Crippen LogP contribution in [0, 0.1) is 0 Å². The fourth-order valence-electron chi connectivity index (χ4n) is 3.14. The van der Waals surface area contributed by atoms with Crippen molar-refractivity contribution in [1.82, 2.24) is 13.9 Å². The fraction of sp³-hybridized carbons (Fsp3) is 0.182. The highest BCUT2D eigenvalue weighted by Gasteiger charge is 2.23. The number of hydrogen-bond acceptors (Lipinski definition) is 5. The number of aromatic nitrogens is 3. The lowest BCUT2D eigenvalue weighted by Gasteiger charge is -2.20. The quantitative estimate of drug-likeness (QED) is 0.408. The summed E-state index contributed by atoms with van der Waals surface area (Å²) in [4.78, 5) is 8.74. The molecule has 4 aromatic rings. The Hall–Kier alpha value is -2.90. The molecule has 0 spiro atoms. The SMILES string of the molecule is CC(C)(C)Oc1cc(-c2cn(S(=O)(=O)c3ccccc3)c3ncccc23)cc(Cl)n1. The van der Waals surface area contributed by atoms with Crippen LogP contribution in [0.5, 0.6) is 5.88 Å². The van der Waals surface area contributed by atoms with Gasteiger partial charge in [0.2, 0.25) is 5.88 Å². The standard InChI is InChI=1S/C22H20ClN3O3S/c1-22(2,3)29-20-13-15(12-19(23)25-20)18-14-26(21-17(18)10-7-11-24-21)30(27,28)16-8-5-4-6-9-16/h4-14H,1-3H3. The van der Waals surface area contributed by atoms with Crippen LogP contribution in [-0.2, 0) is 10.0 Å². The van der Waals surface area contributed by atoms with Crippen LogP contribution in [0.2, 0.25) is 5.15 Å². The predicted octanol–water partition coefficient (Wildman–Crippen LogP) is 5.17. The Kier molecular flexibility index (Phi) is 5.03. The molecule has 0 radical (unpaired) electrons. The minimum atomic E-state index is -3.83. The highest BCUT2D eigenvalue weighted by molar-refractivity contribution is 7.90. The molecule has 30 heavy (non-hydrogen) atoms. The summed E-state index contributed by atoms with van der Waals surface area (Å²) in [5.74, 6) is 0.362. The van der Waals surface area contributed by atoms with E-state index in [2.05, 4.69) is 9.97 Å². The van der Waals surface area contributed by atoms with E-state index in [4.69, 9.17) is 16.3 Å². The maximum absolute atomic E-state index is 13.3. The van der Waals surface area contributed by atoms with Crippen molar-refractivity contribution in [3.05, 3.63) is 72.1 Å². The van der Waals surface area contributed by atoms with E-state index in [-0.39, 0.29) is 10.0 Å². The third-order valence-corrected chi connectivity index (χ3v) is 6.18. The minimum absolute atomic E-state index is 0.184. The molecule has 0 N–H and O–H groups in total. The van der Waals surface area contributed by atoms with Gasteiger partial charge in [-0.2, -0.15) is 0 Å². The first-order valence-electron chi connectivity index (χ1n) is 9.29. The second kappa shape index (κ2) is 7.41. The van der Waals surface area contributed by atoms with Crippen molar-refractivity contribution in [3.8, 4) is 17.0 Å². The topological polar surface area (TPSA) is 74.1 Å². The molecule has 0 aliphatic heterocycles. The summed E-state index contributed by atoms with van der Waals surface area (Å²) in [5.41, 5.74) is 1.23. The van der Waals surface area contributed by atoms with Crippen molar-refractivity contribution in [1.29, 1.82) is 0 Å². The van der Waals surface area contributed by atoms with Crippen molar-refractivity contribution in [2.75, 3.05) is 0 Å². The van der Waals surface area contributed by atoms with Gasteiger partial charge in [0, 0.05) is 29.4 Å². The third kappa shape index (κ3) is 3.91. The van der Waals surface area contributed by atoms with Gasteiger partial charge in [-0.05, 0) is 56.7 Å². The van der Waals surface area contributed by atoms with E-state index < -0.39 is 15.6 Å². The lowest BCUT2D eigenvalue weighted by molar-refractivity contribution is 0.124. The molecular weight excluding hydrogens is 422 g/mol. The van der Waals surface area contributed by atoms with Crippen LogP contribution in [0.3, 0.4) is 0 Å². The number of nitrogens with zero attached hydrogens (tertiary/aromatic N) is 3. The molecule has 1 aromatic carbocycles. The number of fused-ring (bicyclic) bond motifs is 1. The summed E-state index contributed by atoms with van der Waals surface area (Å²) in [6.45, 7) is 5.74. The van der Waals surface area contributed by atoms with E-state index in [9.17, 15) is 8.42 Å². The molecule has 0 amide bonds. The highest BCUT2D eigenvalue weighted by atomic mass is 35.5. The first kappa shape index (κ1) is 20.4. The lowest BCUT2D eigenvalue weighted by atomic mass is 10.1. The summed E-state index contributed by atoms with van der Waals surface area (Å²) in [6.07, 6.45) is 3.13. The van der Waals surface area contributed by atoms with Gasteiger partial charge < -0.3 is 4.74 Å². The summed E-state index contributed by atoms with van der Waals surface area (Å²) in [6, 6.07) is 15.3. The van der Waals surface area contributed by atoms with Gasteiger partial charge in [0.15, 0.2) is 5.65 Å². The van der Waals surface area contributed by atoms with Crippen LogP contribution in [-0.4, -0.2) is 28.0 Å². The van der Waals surface area contributed by atoms with Gasteiger partial charge in [-0.1, -0.05) is 29.8 Å². The molecule has 0 unspecified atom stereocenters. The van der Waals surface area contributed by atoms with E-state index >= 15 is 0 Å². The van der Waals surface area contributed by atoms with E-state index in [1.165, 1.54) is 3.97 Å². The zero-order chi connectivity index (χ0) is 21.5. The first-order chi connectivity index (χ1) is 14.1. The highest BCUT2D eigenvalue weighted by Crippen LogP contribution is 2.35. The minimum Gasteiger partial charge on any atom is -0.472 e. The van der Waals surface area contributed by atoms with Crippen LogP contribution in [0.15, 0.2) is 71.9 Å². The Morgan fingerprint density at radius 3 is 2.47 bits per heavy atom. The molecule has 8 heteroatoms. The maximum atomic E-state index is 13.3. The van der Waals surface area contributed by atoms with Crippen molar-refractivity contribution < 1.29 is 13.2 Å². The second-order valence-corrected chi connectivity index (χ2v) is 9.96. The van der Waals surface area contributed by atoms with Crippen molar-refractivity contribution in [2.24, 2.45) is 0 Å². The number of halogens is 1. The number of pyridine rings is 2. The summed E-state index contributed by atoms with van der Waals surface area (Å²) in [7, 11) is -3.83. The molecule has 154 valence electrons. The van der Waals surface area contributed by atoms with Crippen LogP contribution in [0.25, 0.3) is 22.2 Å². The molecule has 0 aliphatic carbocycles. The van der Waals surface area contributed by atoms with Crippen molar-refractivity contribution >= 4 is 32.7 Å². The van der Waals surface area contributed by atoms with E-state index in [0.717, 1.165) is 0 Å². The predicted molar refractivity (Wildman–Crippen MR) is 117 cm³/mol. The van der Waals surface area contributed by atoms with E-state index in [1.54, 1.807) is 60.9 Å². The summed E-state index contributed by atoms with van der Waals surface area (Å²) < 4.78 is 33.6. The van der Waals surface area contributed by atoms with E-state index in [0.29, 0.717) is 28.0 Å². The Labute approximate surface area is 180 Å². The zero-order valence-corrected chi connectivity index (χ0v) is 18.3. The Balaban J connectivity index is 1.93. The first-order valence-corrected chi connectivity index (χ1v) is 11.1. The molecule has 0 bridgehead atoms. The number of hydrogen-bond donors (Lipinski definition) is 0. The van der Waals surface area contributed by atoms with Crippen LogP contribution in [0.1, 0.15) is 20.8 Å². The van der Waals surface area contributed by atoms with Crippen molar-refractivity contribution in [2.45, 2.75) is 31.3 Å². The molecule has 6 nitrogen and oxygen atoms in total. The maximum Gasteiger partial charge on any atom is 0.269 e. The molecule has 0 saturated heterocycles. The number of ether oxygens (including phenoxy) is 1. The van der Waals surface area contributed by atoms with Gasteiger partial charge in [0.1, 0.15) is 10.8 Å². The second-order valence-electron chi connectivity index (χ2n) is 7.76.